The van der Waals surface area contributed by atoms with Crippen LogP contribution >= 0.6 is 0 Å². The monoisotopic (exact) mass is 729 g/mol. The third-order valence-corrected chi connectivity index (χ3v) is 12.4. The number of benzene rings is 2. The second-order valence-electron chi connectivity index (χ2n) is 14.5. The maximum Gasteiger partial charge on any atom is 0.259 e. The van der Waals surface area contributed by atoms with Gasteiger partial charge in [0.15, 0.2) is 0 Å². The lowest BCUT2D eigenvalue weighted by Gasteiger charge is -2.26. The molecule has 274 valence electrons. The second kappa shape index (κ2) is 13.9. The number of hydrogen-bond donors (Lipinski definition) is 4. The highest BCUT2D eigenvalue weighted by molar-refractivity contribution is 7.91. The fourth-order valence-corrected chi connectivity index (χ4v) is 8.75. The Kier molecular flexibility index (Phi) is 9.45. The van der Waals surface area contributed by atoms with Gasteiger partial charge in [0.1, 0.15) is 35.8 Å². The summed E-state index contributed by atoms with van der Waals surface area (Å²) in [4.78, 5) is 61.0. The first kappa shape index (κ1) is 35.4. The Balaban J connectivity index is 1.20. The van der Waals surface area contributed by atoms with Gasteiger partial charge in [0, 0.05) is 23.6 Å². The number of ether oxygens (including phenoxy) is 1. The van der Waals surface area contributed by atoms with Gasteiger partial charge in [-0.15, -0.1) is 6.58 Å². The fourth-order valence-electron chi connectivity index (χ4n) is 7.38. The molecule has 1 aliphatic heterocycles. The summed E-state index contributed by atoms with van der Waals surface area (Å²) in [6.07, 6.45) is 5.69. The van der Waals surface area contributed by atoms with Crippen molar-refractivity contribution in [3.63, 3.8) is 0 Å². The first-order valence-corrected chi connectivity index (χ1v) is 19.3. The van der Waals surface area contributed by atoms with Crippen molar-refractivity contribution in [3.05, 3.63) is 78.4 Å². The Labute approximate surface area is 302 Å². The Morgan fingerprint density at radius 2 is 1.77 bits per heavy atom. The summed E-state index contributed by atoms with van der Waals surface area (Å²) in [5.74, 6) is -4.39. The molecule has 6 atom stereocenters. The Bertz CT molecular complexity index is 1990. The molecule has 52 heavy (non-hydrogen) atoms. The van der Waals surface area contributed by atoms with Crippen LogP contribution in [-0.2, 0) is 34.0 Å². The second-order valence-corrected chi connectivity index (χ2v) is 16.5. The zero-order valence-electron chi connectivity index (χ0n) is 29.1. The van der Waals surface area contributed by atoms with Gasteiger partial charge in [-0.2, -0.15) is 0 Å². The molecule has 2 aromatic carbocycles. The minimum absolute atomic E-state index is 0.0819. The molecular weight excluding hydrogens is 687 g/mol. The SMILES string of the molecule is C=C[C@@H]1C[C@]1(NC(=O)[C@@H]1C[C@@H]2C[C@H]1C(=O)N[C@H](C(C)C)C(=O)NC/C=C\COc1ccc3c(c1)/C(=N\O2)c1ccccc1-3)C(=O)NS(=O)(=O)C1CC1. The zero-order valence-corrected chi connectivity index (χ0v) is 29.9. The molecule has 13 nitrogen and oxygen atoms in total. The highest BCUT2D eigenvalue weighted by Crippen LogP contribution is 2.46. The molecule has 0 radical (unpaired) electrons. The predicted octanol–water partition coefficient (Wildman–Crippen LogP) is 2.71. The topological polar surface area (TPSA) is 181 Å². The van der Waals surface area contributed by atoms with Crippen LogP contribution in [0.5, 0.6) is 5.75 Å². The van der Waals surface area contributed by atoms with E-state index in [-0.39, 0.29) is 44.2 Å². The minimum Gasteiger partial charge on any atom is -0.490 e. The summed E-state index contributed by atoms with van der Waals surface area (Å²) in [7, 11) is -3.88. The minimum atomic E-state index is -3.88. The van der Waals surface area contributed by atoms with E-state index >= 15 is 0 Å². The molecule has 3 fully saturated rings. The van der Waals surface area contributed by atoms with Gasteiger partial charge < -0.3 is 25.5 Å². The molecule has 0 saturated heterocycles. The van der Waals surface area contributed by atoms with Gasteiger partial charge >= 0.3 is 0 Å². The van der Waals surface area contributed by atoms with Crippen molar-refractivity contribution in [2.24, 2.45) is 28.8 Å². The number of sulfonamides is 1. The number of fused-ring (bicyclic) bond motifs is 6. The standard InChI is InChI=1S/C38H43N5O8S/c1-4-22-20-38(22,37(47)43-52(48,49)25-12-13-25)41-35(45)31-19-24-18-30(31)34(44)40-32(21(2)3)36(46)39-15-7-8-16-50-23-11-14-27-26-9-5-6-10-28(26)33(42-51-24)29(27)17-23/h4-11,14,17,21-22,24-25,30-32H,1,12-13,15-16,18-20H2,2-3H3,(H,39,46)(H,40,44)(H,41,45)(H,43,47)/b8-7-,42-33-/t22-,24+,30-,31-,32-,38-/m1/s1. The molecule has 1 heterocycles. The number of carbonyl (C=O) groups is 4. The number of carbonyl (C=O) groups excluding carboxylic acids is 4. The highest BCUT2D eigenvalue weighted by atomic mass is 32.2. The number of nitrogens with one attached hydrogen (secondary N) is 4. The number of amides is 4. The first-order valence-electron chi connectivity index (χ1n) is 17.8. The molecule has 5 aliphatic rings. The van der Waals surface area contributed by atoms with Crippen LogP contribution in [0, 0.1) is 23.7 Å². The molecule has 2 aromatic rings. The number of rotatable bonds is 7. The van der Waals surface area contributed by atoms with Crippen molar-refractivity contribution in [3.8, 4) is 16.9 Å². The zero-order chi connectivity index (χ0) is 36.8. The van der Waals surface area contributed by atoms with Crippen LogP contribution in [0.15, 0.2) is 72.4 Å². The molecule has 4 amide bonds. The molecule has 0 spiro atoms. The molecule has 4 aliphatic carbocycles. The van der Waals surface area contributed by atoms with Crippen molar-refractivity contribution in [2.75, 3.05) is 13.2 Å². The molecule has 3 saturated carbocycles. The van der Waals surface area contributed by atoms with Gasteiger partial charge in [-0.05, 0) is 73.4 Å². The van der Waals surface area contributed by atoms with Crippen LogP contribution < -0.4 is 25.4 Å². The van der Waals surface area contributed by atoms with Gasteiger partial charge in [0.2, 0.25) is 27.7 Å². The number of oxime groups is 1. The quantitative estimate of drug-likeness (QED) is 0.268. The van der Waals surface area contributed by atoms with E-state index in [2.05, 4.69) is 32.4 Å². The maximum absolute atomic E-state index is 14.2. The maximum atomic E-state index is 14.2. The lowest BCUT2D eigenvalue weighted by Crippen LogP contribution is -2.55. The molecular formula is C38H43N5O8S. The molecule has 4 N–H and O–H groups in total. The van der Waals surface area contributed by atoms with Crippen LogP contribution in [-0.4, -0.2) is 73.8 Å². The van der Waals surface area contributed by atoms with Gasteiger partial charge in [-0.1, -0.05) is 55.4 Å². The molecule has 7 rings (SSSR count). The van der Waals surface area contributed by atoms with E-state index < -0.39 is 68.4 Å². The molecule has 0 aromatic heterocycles. The highest BCUT2D eigenvalue weighted by Gasteiger charge is 2.62. The number of nitrogens with zero attached hydrogens (tertiary/aromatic N) is 1. The lowest BCUT2D eigenvalue weighted by molar-refractivity contribution is -0.137. The van der Waals surface area contributed by atoms with E-state index in [0.717, 1.165) is 22.3 Å². The summed E-state index contributed by atoms with van der Waals surface area (Å²) in [6.45, 7) is 7.88. The van der Waals surface area contributed by atoms with Crippen molar-refractivity contribution in [2.45, 2.75) is 68.9 Å². The summed E-state index contributed by atoms with van der Waals surface area (Å²) in [5, 5.41) is 12.5. The van der Waals surface area contributed by atoms with Crippen LogP contribution in [0.4, 0.5) is 0 Å². The van der Waals surface area contributed by atoms with E-state index in [9.17, 15) is 27.6 Å². The molecule has 0 unspecified atom stereocenters. The molecule has 4 bridgehead atoms. The summed E-state index contributed by atoms with van der Waals surface area (Å²) in [5.41, 5.74) is 2.70. The third-order valence-electron chi connectivity index (χ3n) is 10.6. The average Bonchev–Trinajstić information content (AvgIpc) is 4.03. The summed E-state index contributed by atoms with van der Waals surface area (Å²) in [6, 6.07) is 12.7. The average molecular weight is 730 g/mol. The molecule has 14 heteroatoms. The van der Waals surface area contributed by atoms with Crippen molar-refractivity contribution >= 4 is 39.4 Å². The van der Waals surface area contributed by atoms with E-state index in [4.69, 9.17) is 9.57 Å². The Morgan fingerprint density at radius 3 is 2.48 bits per heavy atom. The van der Waals surface area contributed by atoms with Crippen molar-refractivity contribution in [1.82, 2.24) is 20.7 Å². The third kappa shape index (κ3) is 6.83. The predicted molar refractivity (Wildman–Crippen MR) is 192 cm³/mol. The smallest absolute Gasteiger partial charge is 0.259 e. The Morgan fingerprint density at radius 1 is 1.02 bits per heavy atom. The largest absolute Gasteiger partial charge is 0.490 e. The van der Waals surface area contributed by atoms with E-state index in [1.165, 1.54) is 6.08 Å². The fraction of sp³-hybridized carbons (Fsp3) is 0.447. The van der Waals surface area contributed by atoms with Gasteiger partial charge in [0.05, 0.1) is 17.1 Å². The normalized spacial score (nSPS) is 30.0. The Hall–Kier alpha value is -4.98. The van der Waals surface area contributed by atoms with Gasteiger partial charge in [-0.25, -0.2) is 8.42 Å². The lowest BCUT2D eigenvalue weighted by atomic mass is 9.92. The van der Waals surface area contributed by atoms with Crippen LogP contribution in [0.25, 0.3) is 11.1 Å². The first-order chi connectivity index (χ1) is 24.9. The van der Waals surface area contributed by atoms with Crippen LogP contribution in [0.1, 0.15) is 57.1 Å². The van der Waals surface area contributed by atoms with Crippen molar-refractivity contribution in [1.29, 1.82) is 0 Å². The van der Waals surface area contributed by atoms with Gasteiger partial charge in [0.25, 0.3) is 5.91 Å². The van der Waals surface area contributed by atoms with Crippen LogP contribution in [0.2, 0.25) is 0 Å². The van der Waals surface area contributed by atoms with Crippen LogP contribution in [0.3, 0.4) is 0 Å². The van der Waals surface area contributed by atoms with Gasteiger partial charge in [-0.3, -0.25) is 23.9 Å². The van der Waals surface area contributed by atoms with E-state index in [1.807, 2.05) is 56.3 Å². The number of hydrogen-bond acceptors (Lipinski definition) is 9. The van der Waals surface area contributed by atoms with E-state index in [1.54, 1.807) is 12.2 Å². The summed E-state index contributed by atoms with van der Waals surface area (Å²) >= 11 is 0. The summed E-state index contributed by atoms with van der Waals surface area (Å²) < 4.78 is 33.5. The van der Waals surface area contributed by atoms with Crippen molar-refractivity contribution < 1.29 is 37.2 Å². The van der Waals surface area contributed by atoms with E-state index in [0.29, 0.717) is 24.3 Å².